The van der Waals surface area contributed by atoms with Gasteiger partial charge in [-0.15, -0.1) is 10.2 Å². The van der Waals surface area contributed by atoms with Gasteiger partial charge in [0.2, 0.25) is 0 Å². The van der Waals surface area contributed by atoms with E-state index in [1.807, 2.05) is 0 Å². The number of nitrogens with one attached hydrogen (secondary N) is 2. The van der Waals surface area contributed by atoms with E-state index in [1.54, 1.807) is 31.0 Å². The molecule has 1 aliphatic heterocycles. The number of amides is 2. The number of ether oxygens (including phenoxy) is 1. The molecule has 0 radical (unpaired) electrons. The van der Waals surface area contributed by atoms with Gasteiger partial charge in [-0.1, -0.05) is 11.6 Å². The summed E-state index contributed by atoms with van der Waals surface area (Å²) in [6.45, 7) is 5.20. The normalized spacial score (nSPS) is 17.2. The van der Waals surface area contributed by atoms with Gasteiger partial charge < -0.3 is 20.3 Å². The number of rotatable bonds is 5. The van der Waals surface area contributed by atoms with Crippen molar-refractivity contribution in [1.29, 1.82) is 0 Å². The highest BCUT2D eigenvalue weighted by molar-refractivity contribution is 6.29. The molecule has 12 heteroatoms. The lowest BCUT2D eigenvalue weighted by Crippen LogP contribution is -2.36. The van der Waals surface area contributed by atoms with Crippen LogP contribution in [-0.2, 0) is 4.74 Å². The minimum absolute atomic E-state index is 0.0123. The summed E-state index contributed by atoms with van der Waals surface area (Å²) in [6.07, 6.45) is -4.24. The second kappa shape index (κ2) is 9.02. The summed E-state index contributed by atoms with van der Waals surface area (Å²) in [5.41, 5.74) is -0.716. The molecule has 1 atom stereocenters. The number of likely N-dealkylation sites (tertiary alicyclic amines) is 1. The number of aromatic nitrogens is 2. The van der Waals surface area contributed by atoms with Gasteiger partial charge in [0.15, 0.2) is 10.8 Å². The van der Waals surface area contributed by atoms with Crippen LogP contribution in [-0.4, -0.2) is 65.1 Å². The Balaban J connectivity index is 1.96. The summed E-state index contributed by atoms with van der Waals surface area (Å²) in [5.74, 6) is -0.962. The monoisotopic (exact) mass is 437 g/mol. The van der Waals surface area contributed by atoms with Gasteiger partial charge in [-0.3, -0.25) is 4.79 Å². The molecule has 1 aromatic rings. The van der Waals surface area contributed by atoms with Crippen molar-refractivity contribution >= 4 is 29.3 Å². The third kappa shape index (κ3) is 7.56. The molecule has 162 valence electrons. The molecule has 0 bridgehead atoms. The topological polar surface area (TPSA) is 96.4 Å². The summed E-state index contributed by atoms with van der Waals surface area (Å²) in [5, 5.41) is 11.8. The SMILES string of the molecule is CC(C)(C)OC(=O)N1CCC(CNc2cc(Cl)nnc2C(=O)NCC(F)(F)F)C1. The average Bonchev–Trinajstić information content (AvgIpc) is 3.05. The van der Waals surface area contributed by atoms with Crippen LogP contribution in [0.1, 0.15) is 37.7 Å². The summed E-state index contributed by atoms with van der Waals surface area (Å²) in [4.78, 5) is 25.7. The summed E-state index contributed by atoms with van der Waals surface area (Å²) in [6, 6.07) is 1.32. The molecule has 0 saturated carbocycles. The molecule has 2 amide bonds. The molecule has 29 heavy (non-hydrogen) atoms. The van der Waals surface area contributed by atoms with E-state index in [4.69, 9.17) is 16.3 Å². The third-order valence-electron chi connectivity index (χ3n) is 3.95. The molecule has 0 aromatic carbocycles. The van der Waals surface area contributed by atoms with Crippen LogP contribution < -0.4 is 10.6 Å². The summed E-state index contributed by atoms with van der Waals surface area (Å²) in [7, 11) is 0. The molecule has 2 heterocycles. The Morgan fingerprint density at radius 3 is 2.62 bits per heavy atom. The number of carbonyl (C=O) groups is 2. The quantitative estimate of drug-likeness (QED) is 0.734. The molecule has 0 spiro atoms. The largest absolute Gasteiger partial charge is 0.444 e. The van der Waals surface area contributed by atoms with Crippen LogP contribution in [0.25, 0.3) is 0 Å². The van der Waals surface area contributed by atoms with Crippen molar-refractivity contribution in [3.05, 3.63) is 16.9 Å². The Morgan fingerprint density at radius 1 is 1.31 bits per heavy atom. The van der Waals surface area contributed by atoms with Gasteiger partial charge >= 0.3 is 12.3 Å². The van der Waals surface area contributed by atoms with Crippen molar-refractivity contribution in [2.75, 3.05) is 31.5 Å². The smallest absolute Gasteiger partial charge is 0.410 e. The van der Waals surface area contributed by atoms with Crippen LogP contribution >= 0.6 is 11.6 Å². The van der Waals surface area contributed by atoms with E-state index in [0.717, 1.165) is 0 Å². The van der Waals surface area contributed by atoms with E-state index in [9.17, 15) is 22.8 Å². The third-order valence-corrected chi connectivity index (χ3v) is 4.13. The van der Waals surface area contributed by atoms with Crippen molar-refractivity contribution in [2.45, 2.75) is 39.0 Å². The zero-order valence-electron chi connectivity index (χ0n) is 16.3. The van der Waals surface area contributed by atoms with Crippen LogP contribution in [0.15, 0.2) is 6.07 Å². The highest BCUT2D eigenvalue weighted by atomic mass is 35.5. The molecule has 1 aliphatic rings. The van der Waals surface area contributed by atoms with E-state index in [2.05, 4.69) is 15.5 Å². The average molecular weight is 438 g/mol. The molecule has 1 aromatic heterocycles. The van der Waals surface area contributed by atoms with Gasteiger partial charge in [0.25, 0.3) is 5.91 Å². The Bertz CT molecular complexity index is 755. The maximum Gasteiger partial charge on any atom is 0.410 e. The highest BCUT2D eigenvalue weighted by Gasteiger charge is 2.31. The predicted molar refractivity (Wildman–Crippen MR) is 99.8 cm³/mol. The maximum atomic E-state index is 12.3. The van der Waals surface area contributed by atoms with Gasteiger partial charge in [-0.2, -0.15) is 13.2 Å². The van der Waals surface area contributed by atoms with Gasteiger partial charge in [0.1, 0.15) is 12.1 Å². The van der Waals surface area contributed by atoms with E-state index in [-0.39, 0.29) is 22.5 Å². The van der Waals surface area contributed by atoms with Gasteiger partial charge in [0.05, 0.1) is 5.69 Å². The molecule has 2 rings (SSSR count). The summed E-state index contributed by atoms with van der Waals surface area (Å²) < 4.78 is 42.3. The number of anilines is 1. The van der Waals surface area contributed by atoms with E-state index < -0.39 is 30.3 Å². The van der Waals surface area contributed by atoms with Crippen molar-refractivity contribution in [2.24, 2.45) is 5.92 Å². The number of nitrogens with zero attached hydrogens (tertiary/aromatic N) is 3. The maximum absolute atomic E-state index is 12.3. The minimum atomic E-state index is -4.54. The first-order valence-corrected chi connectivity index (χ1v) is 9.32. The first kappa shape index (κ1) is 23.0. The van der Waals surface area contributed by atoms with Crippen LogP contribution in [0.2, 0.25) is 5.15 Å². The Kier molecular flexibility index (Phi) is 7.15. The van der Waals surface area contributed by atoms with Crippen LogP contribution in [0.5, 0.6) is 0 Å². The standard InChI is InChI=1S/C17H23ClF3N5O3/c1-16(2,3)29-15(28)26-5-4-10(8-26)7-22-11-6-12(18)24-25-13(11)14(27)23-9-17(19,20)21/h6,10H,4-5,7-9H2,1-3H3,(H,22,24)(H,23,27). The molecule has 2 N–H and O–H groups in total. The lowest BCUT2D eigenvalue weighted by molar-refractivity contribution is -0.123. The fraction of sp³-hybridized carbons (Fsp3) is 0.647. The van der Waals surface area contributed by atoms with Crippen molar-refractivity contribution in [3.8, 4) is 0 Å². The Morgan fingerprint density at radius 2 is 2.00 bits per heavy atom. The van der Waals surface area contributed by atoms with E-state index >= 15 is 0 Å². The zero-order chi connectivity index (χ0) is 21.8. The molecule has 8 nitrogen and oxygen atoms in total. The van der Waals surface area contributed by atoms with Crippen molar-refractivity contribution < 1.29 is 27.5 Å². The second-order valence-corrected chi connectivity index (χ2v) is 8.08. The number of hydrogen-bond acceptors (Lipinski definition) is 6. The minimum Gasteiger partial charge on any atom is -0.444 e. The number of halogens is 4. The fourth-order valence-corrected chi connectivity index (χ4v) is 2.83. The molecule has 0 aliphatic carbocycles. The van der Waals surface area contributed by atoms with Crippen LogP contribution in [0.3, 0.4) is 0 Å². The number of hydrogen-bond donors (Lipinski definition) is 2. The van der Waals surface area contributed by atoms with Gasteiger partial charge in [-0.25, -0.2) is 4.79 Å². The molecule has 1 saturated heterocycles. The van der Waals surface area contributed by atoms with Crippen molar-refractivity contribution in [3.63, 3.8) is 0 Å². The lowest BCUT2D eigenvalue weighted by Gasteiger charge is -2.24. The molecule has 1 unspecified atom stereocenters. The molecular formula is C17H23ClF3N5O3. The highest BCUT2D eigenvalue weighted by Crippen LogP contribution is 2.22. The predicted octanol–water partition coefficient (Wildman–Crippen LogP) is 3.09. The number of carbonyl (C=O) groups excluding carboxylic acids is 2. The Labute approximate surface area is 171 Å². The first-order valence-electron chi connectivity index (χ1n) is 8.94. The van der Waals surface area contributed by atoms with E-state index in [1.165, 1.54) is 6.07 Å². The van der Waals surface area contributed by atoms with E-state index in [0.29, 0.717) is 26.1 Å². The van der Waals surface area contributed by atoms with Crippen LogP contribution in [0, 0.1) is 5.92 Å². The second-order valence-electron chi connectivity index (χ2n) is 7.69. The summed E-state index contributed by atoms with van der Waals surface area (Å²) >= 11 is 5.80. The van der Waals surface area contributed by atoms with Crippen LogP contribution in [0.4, 0.5) is 23.7 Å². The van der Waals surface area contributed by atoms with Gasteiger partial charge in [0, 0.05) is 25.7 Å². The zero-order valence-corrected chi connectivity index (χ0v) is 17.0. The molecular weight excluding hydrogens is 415 g/mol. The fourth-order valence-electron chi connectivity index (χ4n) is 2.68. The van der Waals surface area contributed by atoms with Crippen molar-refractivity contribution in [1.82, 2.24) is 20.4 Å². The molecule has 1 fully saturated rings. The Hall–Kier alpha value is -2.30. The number of alkyl halides is 3. The first-order chi connectivity index (χ1) is 13.3. The van der Waals surface area contributed by atoms with Gasteiger partial charge in [-0.05, 0) is 33.1 Å². The lowest BCUT2D eigenvalue weighted by atomic mass is 10.1.